The van der Waals surface area contributed by atoms with Crippen molar-refractivity contribution in [2.45, 2.75) is 26.7 Å². The van der Waals surface area contributed by atoms with Gasteiger partial charge in [-0.1, -0.05) is 26.0 Å². The Morgan fingerprint density at radius 1 is 1.25 bits per heavy atom. The van der Waals surface area contributed by atoms with Gasteiger partial charge >= 0.3 is 0 Å². The quantitative estimate of drug-likeness (QED) is 0.591. The third-order valence-electron chi connectivity index (χ3n) is 3.21. The first kappa shape index (κ1) is 14.2. The molecule has 1 nitrogen and oxygen atoms in total. The summed E-state index contributed by atoms with van der Waals surface area (Å²) in [7, 11) is 0. The molecule has 0 fully saturated rings. The fourth-order valence-electron chi connectivity index (χ4n) is 1.52. The standard InChI is InChI=1S/C13H19IOS/c1-3-13(4-2,10-16)9-15-12-8-6-5-7-11(12)14/h5-8,16H,3-4,9-10H2,1-2H3. The topological polar surface area (TPSA) is 9.23 Å². The third kappa shape index (κ3) is 3.55. The molecule has 1 aromatic carbocycles. The summed E-state index contributed by atoms with van der Waals surface area (Å²) in [5.74, 6) is 1.86. The normalized spacial score (nSPS) is 11.5. The highest BCUT2D eigenvalue weighted by atomic mass is 127. The van der Waals surface area contributed by atoms with E-state index in [-0.39, 0.29) is 5.41 Å². The maximum atomic E-state index is 5.92. The van der Waals surface area contributed by atoms with Crippen LogP contribution in [0.3, 0.4) is 0 Å². The molecule has 0 aliphatic rings. The Bertz CT molecular complexity index is 315. The summed E-state index contributed by atoms with van der Waals surface area (Å²) >= 11 is 6.76. The lowest BCUT2D eigenvalue weighted by atomic mass is 9.85. The van der Waals surface area contributed by atoms with Gasteiger partial charge in [0.05, 0.1) is 10.2 Å². The maximum absolute atomic E-state index is 5.92. The first-order chi connectivity index (χ1) is 7.67. The molecule has 0 N–H and O–H groups in total. The summed E-state index contributed by atoms with van der Waals surface area (Å²) in [6.45, 7) is 5.17. The van der Waals surface area contributed by atoms with Gasteiger partial charge in [0.1, 0.15) is 5.75 Å². The number of hydrogen-bond acceptors (Lipinski definition) is 2. The van der Waals surface area contributed by atoms with Crippen LogP contribution < -0.4 is 4.74 Å². The Labute approximate surface area is 118 Å². The number of ether oxygens (including phenoxy) is 1. The van der Waals surface area contributed by atoms with Gasteiger partial charge in [0.25, 0.3) is 0 Å². The van der Waals surface area contributed by atoms with E-state index in [1.807, 2.05) is 18.2 Å². The minimum Gasteiger partial charge on any atom is -0.492 e. The van der Waals surface area contributed by atoms with Crippen molar-refractivity contribution in [1.82, 2.24) is 0 Å². The Balaban J connectivity index is 2.66. The van der Waals surface area contributed by atoms with E-state index in [0.717, 1.165) is 31.0 Å². The Morgan fingerprint density at radius 2 is 1.88 bits per heavy atom. The molecular weight excluding hydrogens is 331 g/mol. The van der Waals surface area contributed by atoms with E-state index < -0.39 is 0 Å². The zero-order valence-corrected chi connectivity index (χ0v) is 12.9. The summed E-state index contributed by atoms with van der Waals surface area (Å²) < 4.78 is 7.09. The van der Waals surface area contributed by atoms with E-state index in [1.165, 1.54) is 3.57 Å². The van der Waals surface area contributed by atoms with Crippen molar-refractivity contribution in [2.24, 2.45) is 5.41 Å². The minimum atomic E-state index is 0.210. The number of para-hydroxylation sites is 1. The average molecular weight is 350 g/mol. The van der Waals surface area contributed by atoms with Gasteiger partial charge in [0, 0.05) is 5.41 Å². The van der Waals surface area contributed by atoms with Gasteiger partial charge in [0.2, 0.25) is 0 Å². The van der Waals surface area contributed by atoms with E-state index in [2.05, 4.69) is 55.1 Å². The summed E-state index contributed by atoms with van der Waals surface area (Å²) in [6.07, 6.45) is 2.22. The molecule has 0 heterocycles. The van der Waals surface area contributed by atoms with Gasteiger partial charge in [-0.25, -0.2) is 0 Å². The zero-order chi connectivity index (χ0) is 12.0. The predicted octanol–water partition coefficient (Wildman–Crippen LogP) is 4.41. The zero-order valence-electron chi connectivity index (χ0n) is 9.87. The van der Waals surface area contributed by atoms with Gasteiger partial charge < -0.3 is 4.74 Å². The van der Waals surface area contributed by atoms with Crippen molar-refractivity contribution in [3.05, 3.63) is 27.8 Å². The van der Waals surface area contributed by atoms with Gasteiger partial charge in [-0.05, 0) is 53.3 Å². The molecule has 0 aliphatic heterocycles. The van der Waals surface area contributed by atoms with Crippen molar-refractivity contribution in [2.75, 3.05) is 12.4 Å². The molecule has 90 valence electrons. The molecule has 0 saturated heterocycles. The van der Waals surface area contributed by atoms with Crippen LogP contribution in [0.2, 0.25) is 0 Å². The number of hydrogen-bond donors (Lipinski definition) is 1. The summed E-state index contributed by atoms with van der Waals surface area (Å²) in [5.41, 5.74) is 0.210. The smallest absolute Gasteiger partial charge is 0.132 e. The molecule has 1 aromatic rings. The monoisotopic (exact) mass is 350 g/mol. The van der Waals surface area contributed by atoms with Crippen LogP contribution in [0.4, 0.5) is 0 Å². The van der Waals surface area contributed by atoms with Gasteiger partial charge in [-0.3, -0.25) is 0 Å². The number of benzene rings is 1. The van der Waals surface area contributed by atoms with Gasteiger partial charge in [-0.15, -0.1) is 0 Å². The Morgan fingerprint density at radius 3 is 2.38 bits per heavy atom. The molecule has 0 amide bonds. The fraction of sp³-hybridized carbons (Fsp3) is 0.538. The number of halogens is 1. The van der Waals surface area contributed by atoms with Crippen molar-refractivity contribution in [3.63, 3.8) is 0 Å². The molecule has 0 saturated carbocycles. The van der Waals surface area contributed by atoms with E-state index >= 15 is 0 Å². The lowest BCUT2D eigenvalue weighted by Crippen LogP contribution is -2.29. The van der Waals surface area contributed by atoms with Crippen LogP contribution in [-0.4, -0.2) is 12.4 Å². The molecule has 0 atom stereocenters. The van der Waals surface area contributed by atoms with Crippen LogP contribution in [0.5, 0.6) is 5.75 Å². The summed E-state index contributed by atoms with van der Waals surface area (Å²) in [6, 6.07) is 8.13. The molecular formula is C13H19IOS. The van der Waals surface area contributed by atoms with Crippen LogP contribution in [-0.2, 0) is 0 Å². The molecule has 0 spiro atoms. The molecule has 0 bridgehead atoms. The lowest BCUT2D eigenvalue weighted by molar-refractivity contribution is 0.156. The van der Waals surface area contributed by atoms with Crippen LogP contribution in [0.25, 0.3) is 0 Å². The summed E-state index contributed by atoms with van der Waals surface area (Å²) in [4.78, 5) is 0. The van der Waals surface area contributed by atoms with Crippen molar-refractivity contribution in [3.8, 4) is 5.75 Å². The van der Waals surface area contributed by atoms with Gasteiger partial charge in [-0.2, -0.15) is 12.6 Å². The van der Waals surface area contributed by atoms with E-state index in [9.17, 15) is 0 Å². The second-order valence-electron chi connectivity index (χ2n) is 4.08. The highest BCUT2D eigenvalue weighted by Crippen LogP contribution is 2.30. The van der Waals surface area contributed by atoms with Crippen LogP contribution in [0, 0.1) is 8.99 Å². The molecule has 16 heavy (non-hydrogen) atoms. The highest BCUT2D eigenvalue weighted by molar-refractivity contribution is 14.1. The number of rotatable bonds is 6. The second-order valence-corrected chi connectivity index (χ2v) is 5.56. The van der Waals surface area contributed by atoms with E-state index in [4.69, 9.17) is 4.74 Å². The molecule has 1 rings (SSSR count). The number of thiol groups is 1. The predicted molar refractivity (Wildman–Crippen MR) is 81.5 cm³/mol. The van der Waals surface area contributed by atoms with Crippen LogP contribution in [0.15, 0.2) is 24.3 Å². The third-order valence-corrected chi connectivity index (χ3v) is 4.77. The van der Waals surface area contributed by atoms with Gasteiger partial charge in [0.15, 0.2) is 0 Å². The van der Waals surface area contributed by atoms with Crippen molar-refractivity contribution in [1.29, 1.82) is 0 Å². The summed E-state index contributed by atoms with van der Waals surface area (Å²) in [5, 5.41) is 0. The van der Waals surface area contributed by atoms with Crippen LogP contribution >= 0.6 is 35.2 Å². The second kappa shape index (κ2) is 6.74. The van der Waals surface area contributed by atoms with Crippen molar-refractivity contribution < 1.29 is 4.74 Å². The van der Waals surface area contributed by atoms with E-state index in [1.54, 1.807) is 0 Å². The first-order valence-corrected chi connectivity index (χ1v) is 7.36. The molecule has 3 heteroatoms. The Hall–Kier alpha value is 0.100. The Kier molecular flexibility index (Phi) is 5.97. The first-order valence-electron chi connectivity index (χ1n) is 5.65. The lowest BCUT2D eigenvalue weighted by Gasteiger charge is -2.29. The molecule has 0 aromatic heterocycles. The average Bonchev–Trinajstić information content (AvgIpc) is 2.34. The minimum absolute atomic E-state index is 0.210. The SMILES string of the molecule is CCC(CC)(CS)COc1ccccc1I. The molecule has 0 radical (unpaired) electrons. The maximum Gasteiger partial charge on any atom is 0.132 e. The largest absolute Gasteiger partial charge is 0.492 e. The van der Waals surface area contributed by atoms with Crippen molar-refractivity contribution >= 4 is 35.2 Å². The fourth-order valence-corrected chi connectivity index (χ4v) is 2.60. The highest BCUT2D eigenvalue weighted by Gasteiger charge is 2.25. The molecule has 0 unspecified atom stereocenters. The van der Waals surface area contributed by atoms with Crippen LogP contribution in [0.1, 0.15) is 26.7 Å². The van der Waals surface area contributed by atoms with E-state index in [0.29, 0.717) is 0 Å². The molecule has 0 aliphatic carbocycles.